The van der Waals surface area contributed by atoms with E-state index in [1.807, 2.05) is 49.4 Å². The van der Waals surface area contributed by atoms with Gasteiger partial charge < -0.3 is 4.74 Å². The standard InChI is InChI=1S/C13H15NO2/c1-2-3-7-10-14-13(15)16-11-12-8-5-4-6-9-12/h2-10H,11H2,1H3,(H,14,15). The highest BCUT2D eigenvalue weighted by molar-refractivity contribution is 5.68. The minimum absolute atomic E-state index is 0.282. The van der Waals surface area contributed by atoms with E-state index in [0.29, 0.717) is 0 Å². The van der Waals surface area contributed by atoms with Gasteiger partial charge in [0.15, 0.2) is 0 Å². The van der Waals surface area contributed by atoms with E-state index in [0.717, 1.165) is 5.56 Å². The molecule has 0 unspecified atom stereocenters. The molecule has 0 fully saturated rings. The molecule has 0 radical (unpaired) electrons. The molecule has 1 amide bonds. The third kappa shape index (κ3) is 5.00. The number of carbonyl (C=O) groups is 1. The molecule has 16 heavy (non-hydrogen) atoms. The largest absolute Gasteiger partial charge is 0.444 e. The number of rotatable bonds is 4. The highest BCUT2D eigenvalue weighted by Gasteiger charge is 1.98. The van der Waals surface area contributed by atoms with Gasteiger partial charge in [-0.3, -0.25) is 5.32 Å². The van der Waals surface area contributed by atoms with Crippen molar-refractivity contribution in [1.29, 1.82) is 0 Å². The lowest BCUT2D eigenvalue weighted by Crippen LogP contribution is -2.18. The van der Waals surface area contributed by atoms with Gasteiger partial charge in [0.1, 0.15) is 6.61 Å². The number of carbonyl (C=O) groups excluding carboxylic acids is 1. The zero-order chi connectivity index (χ0) is 11.6. The van der Waals surface area contributed by atoms with E-state index >= 15 is 0 Å². The van der Waals surface area contributed by atoms with Gasteiger partial charge in [-0.25, -0.2) is 4.79 Å². The molecular weight excluding hydrogens is 202 g/mol. The normalized spacial score (nSPS) is 10.8. The van der Waals surface area contributed by atoms with Crippen LogP contribution in [0.15, 0.2) is 54.8 Å². The molecule has 0 aromatic heterocycles. The molecular formula is C13H15NO2. The number of amides is 1. The first-order valence-electron chi connectivity index (χ1n) is 5.08. The highest BCUT2D eigenvalue weighted by atomic mass is 16.5. The fourth-order valence-corrected chi connectivity index (χ4v) is 1.05. The van der Waals surface area contributed by atoms with Crippen molar-refractivity contribution in [3.8, 4) is 0 Å². The summed E-state index contributed by atoms with van der Waals surface area (Å²) in [6.45, 7) is 2.18. The predicted octanol–water partition coefficient (Wildman–Crippen LogP) is 3.00. The van der Waals surface area contributed by atoms with Crippen molar-refractivity contribution in [3.05, 3.63) is 60.3 Å². The van der Waals surface area contributed by atoms with Gasteiger partial charge in [-0.05, 0) is 18.6 Å². The van der Waals surface area contributed by atoms with E-state index in [1.54, 1.807) is 6.08 Å². The maximum Gasteiger partial charge on any atom is 0.411 e. The molecule has 0 aliphatic rings. The third-order valence-corrected chi connectivity index (χ3v) is 1.81. The number of hydrogen-bond donors (Lipinski definition) is 1. The zero-order valence-corrected chi connectivity index (χ0v) is 9.22. The van der Waals surface area contributed by atoms with Crippen molar-refractivity contribution < 1.29 is 9.53 Å². The summed E-state index contributed by atoms with van der Waals surface area (Å²) in [4.78, 5) is 11.2. The van der Waals surface area contributed by atoms with E-state index in [2.05, 4.69) is 5.32 Å². The quantitative estimate of drug-likeness (QED) is 0.787. The van der Waals surface area contributed by atoms with Crippen LogP contribution in [0.25, 0.3) is 0 Å². The Hall–Kier alpha value is -2.03. The zero-order valence-electron chi connectivity index (χ0n) is 9.22. The lowest BCUT2D eigenvalue weighted by atomic mass is 10.2. The Kier molecular flexibility index (Phi) is 5.48. The maximum atomic E-state index is 11.2. The Labute approximate surface area is 95.4 Å². The van der Waals surface area contributed by atoms with Crippen LogP contribution < -0.4 is 5.32 Å². The van der Waals surface area contributed by atoms with E-state index < -0.39 is 6.09 Å². The Bertz CT molecular complexity index is 369. The van der Waals surface area contributed by atoms with Crippen LogP contribution in [-0.4, -0.2) is 6.09 Å². The Morgan fingerprint density at radius 1 is 1.31 bits per heavy atom. The molecule has 1 N–H and O–H groups in total. The fourth-order valence-electron chi connectivity index (χ4n) is 1.05. The maximum absolute atomic E-state index is 11.2. The molecule has 0 saturated carbocycles. The average Bonchev–Trinajstić information content (AvgIpc) is 2.33. The molecule has 3 nitrogen and oxygen atoms in total. The number of benzene rings is 1. The predicted molar refractivity (Wildman–Crippen MR) is 63.7 cm³/mol. The van der Waals surface area contributed by atoms with Crippen molar-refractivity contribution in [1.82, 2.24) is 5.32 Å². The summed E-state index contributed by atoms with van der Waals surface area (Å²) in [5, 5.41) is 2.49. The van der Waals surface area contributed by atoms with Crippen LogP contribution in [0.2, 0.25) is 0 Å². The van der Waals surface area contributed by atoms with E-state index in [4.69, 9.17) is 4.74 Å². The summed E-state index contributed by atoms with van der Waals surface area (Å²) < 4.78 is 4.98. The summed E-state index contributed by atoms with van der Waals surface area (Å²) in [5.41, 5.74) is 0.968. The van der Waals surface area contributed by atoms with Gasteiger partial charge in [0, 0.05) is 6.20 Å². The number of alkyl carbamates (subject to hydrolysis) is 1. The third-order valence-electron chi connectivity index (χ3n) is 1.81. The smallest absolute Gasteiger partial charge is 0.411 e. The van der Waals surface area contributed by atoms with Crippen molar-refractivity contribution in [2.45, 2.75) is 13.5 Å². The summed E-state index contributed by atoms with van der Waals surface area (Å²) in [5.74, 6) is 0. The fraction of sp³-hybridized carbons (Fsp3) is 0.154. The van der Waals surface area contributed by atoms with Crippen LogP contribution in [0.4, 0.5) is 4.79 Å². The molecule has 0 saturated heterocycles. The van der Waals surface area contributed by atoms with Gasteiger partial charge in [-0.2, -0.15) is 0 Å². The van der Waals surface area contributed by atoms with Crippen LogP contribution in [0.1, 0.15) is 12.5 Å². The van der Waals surface area contributed by atoms with E-state index in [-0.39, 0.29) is 6.61 Å². The monoisotopic (exact) mass is 217 g/mol. The van der Waals surface area contributed by atoms with Gasteiger partial charge in [-0.15, -0.1) is 0 Å². The molecule has 1 rings (SSSR count). The SMILES string of the molecule is CC=CC=CNC(=O)OCc1ccccc1. The second kappa shape index (κ2) is 7.29. The van der Waals surface area contributed by atoms with Gasteiger partial charge in [-0.1, -0.05) is 42.5 Å². The lowest BCUT2D eigenvalue weighted by molar-refractivity contribution is 0.143. The molecule has 84 valence electrons. The first-order chi connectivity index (χ1) is 7.83. The van der Waals surface area contributed by atoms with Gasteiger partial charge >= 0.3 is 6.09 Å². The van der Waals surface area contributed by atoms with Crippen molar-refractivity contribution in [3.63, 3.8) is 0 Å². The molecule has 0 bridgehead atoms. The van der Waals surface area contributed by atoms with Crippen LogP contribution in [0, 0.1) is 0 Å². The number of ether oxygens (including phenoxy) is 1. The molecule has 1 aromatic rings. The molecule has 0 atom stereocenters. The van der Waals surface area contributed by atoms with Crippen molar-refractivity contribution in [2.24, 2.45) is 0 Å². The minimum Gasteiger partial charge on any atom is -0.444 e. The van der Waals surface area contributed by atoms with Crippen LogP contribution in [-0.2, 0) is 11.3 Å². The first kappa shape index (κ1) is 12.0. The number of nitrogens with one attached hydrogen (secondary N) is 1. The molecule has 1 aromatic carbocycles. The molecule has 0 heterocycles. The highest BCUT2D eigenvalue weighted by Crippen LogP contribution is 2.00. The van der Waals surface area contributed by atoms with E-state index in [1.165, 1.54) is 6.20 Å². The van der Waals surface area contributed by atoms with Gasteiger partial charge in [0.2, 0.25) is 0 Å². The molecule has 0 aliphatic heterocycles. The molecule has 3 heteroatoms. The first-order valence-corrected chi connectivity index (χ1v) is 5.08. The number of hydrogen-bond acceptors (Lipinski definition) is 2. The van der Waals surface area contributed by atoms with Crippen molar-refractivity contribution in [2.75, 3.05) is 0 Å². The van der Waals surface area contributed by atoms with Crippen molar-refractivity contribution >= 4 is 6.09 Å². The summed E-state index contributed by atoms with van der Waals surface area (Å²) in [7, 11) is 0. The summed E-state index contributed by atoms with van der Waals surface area (Å²) >= 11 is 0. The molecule has 0 spiro atoms. The lowest BCUT2D eigenvalue weighted by Gasteiger charge is -2.03. The van der Waals surface area contributed by atoms with Crippen LogP contribution in [0.3, 0.4) is 0 Å². The average molecular weight is 217 g/mol. The summed E-state index contributed by atoms with van der Waals surface area (Å²) in [6.07, 6.45) is 6.49. The summed E-state index contributed by atoms with van der Waals surface area (Å²) in [6, 6.07) is 9.54. The Balaban J connectivity index is 2.25. The number of allylic oxidation sites excluding steroid dienone is 3. The van der Waals surface area contributed by atoms with Gasteiger partial charge in [0.25, 0.3) is 0 Å². The topological polar surface area (TPSA) is 38.3 Å². The van der Waals surface area contributed by atoms with Crippen LogP contribution in [0.5, 0.6) is 0 Å². The Morgan fingerprint density at radius 3 is 2.75 bits per heavy atom. The minimum atomic E-state index is -0.454. The molecule has 0 aliphatic carbocycles. The van der Waals surface area contributed by atoms with Gasteiger partial charge in [0.05, 0.1) is 0 Å². The van der Waals surface area contributed by atoms with Crippen LogP contribution >= 0.6 is 0 Å². The Morgan fingerprint density at radius 2 is 2.06 bits per heavy atom. The van der Waals surface area contributed by atoms with E-state index in [9.17, 15) is 4.79 Å². The second-order valence-corrected chi connectivity index (χ2v) is 3.09. The second-order valence-electron chi connectivity index (χ2n) is 3.09.